The number of hydrogen-bond acceptors (Lipinski definition) is 2. The summed E-state index contributed by atoms with van der Waals surface area (Å²) in [6.07, 6.45) is 5.92. The summed E-state index contributed by atoms with van der Waals surface area (Å²) < 4.78 is 0. The monoisotopic (exact) mass is 221 g/mol. The third kappa shape index (κ3) is 2.99. The second-order valence-corrected chi connectivity index (χ2v) is 5.14. The first-order valence-corrected chi connectivity index (χ1v) is 7.08. The standard InChI is InChI=1S/C13H19NS/c1-15-9-8-14-13-7-6-11-4-2-3-5-12(11)10-13/h2-5,13-14H,6-10H2,1H3. The van der Waals surface area contributed by atoms with Crippen LogP contribution >= 0.6 is 11.8 Å². The van der Waals surface area contributed by atoms with E-state index < -0.39 is 0 Å². The molecule has 1 unspecified atom stereocenters. The van der Waals surface area contributed by atoms with Crippen molar-refractivity contribution >= 4 is 11.8 Å². The zero-order chi connectivity index (χ0) is 10.5. The van der Waals surface area contributed by atoms with Crippen molar-refractivity contribution in [3.8, 4) is 0 Å². The molecule has 0 radical (unpaired) electrons. The molecule has 82 valence electrons. The van der Waals surface area contributed by atoms with Gasteiger partial charge in [0.1, 0.15) is 0 Å². The summed E-state index contributed by atoms with van der Waals surface area (Å²) in [6, 6.07) is 9.56. The zero-order valence-electron chi connectivity index (χ0n) is 9.33. The van der Waals surface area contributed by atoms with Crippen LogP contribution in [0.5, 0.6) is 0 Å². The van der Waals surface area contributed by atoms with Gasteiger partial charge in [0, 0.05) is 18.3 Å². The van der Waals surface area contributed by atoms with Gasteiger partial charge in [0.25, 0.3) is 0 Å². The van der Waals surface area contributed by atoms with Crippen molar-refractivity contribution in [1.29, 1.82) is 0 Å². The SMILES string of the molecule is CSCCNC1CCc2ccccc2C1. The van der Waals surface area contributed by atoms with Crippen LogP contribution in [0.2, 0.25) is 0 Å². The molecular formula is C13H19NS. The highest BCUT2D eigenvalue weighted by molar-refractivity contribution is 7.98. The van der Waals surface area contributed by atoms with Gasteiger partial charge >= 0.3 is 0 Å². The second-order valence-electron chi connectivity index (χ2n) is 4.16. The molecule has 1 aliphatic rings. The van der Waals surface area contributed by atoms with E-state index in [2.05, 4.69) is 35.8 Å². The maximum Gasteiger partial charge on any atom is 0.0111 e. The van der Waals surface area contributed by atoms with E-state index in [4.69, 9.17) is 0 Å². The van der Waals surface area contributed by atoms with E-state index in [1.165, 1.54) is 25.0 Å². The average Bonchev–Trinajstić information content (AvgIpc) is 2.29. The van der Waals surface area contributed by atoms with Gasteiger partial charge in [0.2, 0.25) is 0 Å². The van der Waals surface area contributed by atoms with E-state index in [0.717, 1.165) is 6.54 Å². The summed E-state index contributed by atoms with van der Waals surface area (Å²) in [5, 5.41) is 3.64. The van der Waals surface area contributed by atoms with Gasteiger partial charge in [0.15, 0.2) is 0 Å². The van der Waals surface area contributed by atoms with E-state index in [1.54, 1.807) is 11.1 Å². The summed E-state index contributed by atoms with van der Waals surface area (Å²) in [6.45, 7) is 1.15. The molecule has 15 heavy (non-hydrogen) atoms. The minimum atomic E-state index is 0.701. The van der Waals surface area contributed by atoms with Crippen molar-refractivity contribution in [1.82, 2.24) is 5.32 Å². The molecular weight excluding hydrogens is 202 g/mol. The Balaban J connectivity index is 1.88. The van der Waals surface area contributed by atoms with Gasteiger partial charge in [0.05, 0.1) is 0 Å². The topological polar surface area (TPSA) is 12.0 Å². The molecule has 1 atom stereocenters. The van der Waals surface area contributed by atoms with Crippen LogP contribution in [0.1, 0.15) is 17.5 Å². The van der Waals surface area contributed by atoms with Gasteiger partial charge in [-0.25, -0.2) is 0 Å². The predicted octanol–water partition coefficient (Wildman–Crippen LogP) is 2.50. The van der Waals surface area contributed by atoms with Crippen LogP contribution in [-0.2, 0) is 12.8 Å². The van der Waals surface area contributed by atoms with Crippen LogP contribution in [-0.4, -0.2) is 24.6 Å². The lowest BCUT2D eigenvalue weighted by Crippen LogP contribution is -2.35. The summed E-state index contributed by atoms with van der Waals surface area (Å²) in [7, 11) is 0. The molecule has 0 saturated carbocycles. The van der Waals surface area contributed by atoms with Crippen LogP contribution in [0.4, 0.5) is 0 Å². The fourth-order valence-corrected chi connectivity index (χ4v) is 2.56. The lowest BCUT2D eigenvalue weighted by atomic mass is 9.88. The largest absolute Gasteiger partial charge is 0.313 e. The quantitative estimate of drug-likeness (QED) is 0.784. The van der Waals surface area contributed by atoms with E-state index in [9.17, 15) is 0 Å². The van der Waals surface area contributed by atoms with Crippen LogP contribution in [0, 0.1) is 0 Å². The lowest BCUT2D eigenvalue weighted by molar-refractivity contribution is 0.472. The molecule has 2 rings (SSSR count). The molecule has 1 aromatic carbocycles. The summed E-state index contributed by atoms with van der Waals surface area (Å²) in [5.74, 6) is 1.22. The van der Waals surface area contributed by atoms with Gasteiger partial charge in [-0.05, 0) is 36.6 Å². The molecule has 0 aromatic heterocycles. The maximum atomic E-state index is 3.64. The molecule has 1 aromatic rings. The number of benzene rings is 1. The maximum absolute atomic E-state index is 3.64. The highest BCUT2D eigenvalue weighted by atomic mass is 32.2. The van der Waals surface area contributed by atoms with Crippen molar-refractivity contribution in [2.75, 3.05) is 18.6 Å². The number of nitrogens with one attached hydrogen (secondary N) is 1. The van der Waals surface area contributed by atoms with Crippen LogP contribution in [0.15, 0.2) is 24.3 Å². The van der Waals surface area contributed by atoms with E-state index in [0.29, 0.717) is 6.04 Å². The molecule has 1 aliphatic carbocycles. The first kappa shape index (κ1) is 11.0. The Morgan fingerprint density at radius 1 is 1.33 bits per heavy atom. The number of fused-ring (bicyclic) bond motifs is 1. The van der Waals surface area contributed by atoms with Gasteiger partial charge in [-0.3, -0.25) is 0 Å². The summed E-state index contributed by atoms with van der Waals surface area (Å²) in [4.78, 5) is 0. The van der Waals surface area contributed by atoms with E-state index in [1.807, 2.05) is 11.8 Å². The zero-order valence-corrected chi connectivity index (χ0v) is 10.1. The third-order valence-corrected chi connectivity index (χ3v) is 3.70. The summed E-state index contributed by atoms with van der Waals surface area (Å²) in [5.41, 5.74) is 3.10. The van der Waals surface area contributed by atoms with Crippen molar-refractivity contribution in [2.24, 2.45) is 0 Å². The molecule has 1 nitrogen and oxygen atoms in total. The van der Waals surface area contributed by atoms with E-state index >= 15 is 0 Å². The predicted molar refractivity (Wildman–Crippen MR) is 68.6 cm³/mol. The molecule has 0 fully saturated rings. The number of rotatable bonds is 4. The minimum Gasteiger partial charge on any atom is -0.313 e. The molecule has 0 aliphatic heterocycles. The second kappa shape index (κ2) is 5.57. The Morgan fingerprint density at radius 2 is 2.13 bits per heavy atom. The number of aryl methyl sites for hydroxylation is 1. The van der Waals surface area contributed by atoms with Crippen molar-refractivity contribution in [3.63, 3.8) is 0 Å². The Labute approximate surface area is 96.7 Å². The van der Waals surface area contributed by atoms with Crippen molar-refractivity contribution < 1.29 is 0 Å². The highest BCUT2D eigenvalue weighted by Gasteiger charge is 2.16. The molecule has 0 heterocycles. The Bertz CT molecular complexity index is 311. The minimum absolute atomic E-state index is 0.701. The first-order chi connectivity index (χ1) is 7.40. The molecule has 0 amide bonds. The Morgan fingerprint density at radius 3 is 2.93 bits per heavy atom. The Hall–Kier alpha value is -0.470. The average molecular weight is 221 g/mol. The Kier molecular flexibility index (Phi) is 4.09. The fraction of sp³-hybridized carbons (Fsp3) is 0.538. The smallest absolute Gasteiger partial charge is 0.0111 e. The molecule has 0 saturated heterocycles. The first-order valence-electron chi connectivity index (χ1n) is 5.69. The van der Waals surface area contributed by atoms with Crippen LogP contribution < -0.4 is 5.32 Å². The van der Waals surface area contributed by atoms with Gasteiger partial charge < -0.3 is 5.32 Å². The number of thioether (sulfide) groups is 1. The molecule has 0 bridgehead atoms. The molecule has 2 heteroatoms. The van der Waals surface area contributed by atoms with Crippen LogP contribution in [0.25, 0.3) is 0 Å². The highest BCUT2D eigenvalue weighted by Crippen LogP contribution is 2.20. The number of hydrogen-bond donors (Lipinski definition) is 1. The van der Waals surface area contributed by atoms with E-state index in [-0.39, 0.29) is 0 Å². The molecule has 0 spiro atoms. The third-order valence-electron chi connectivity index (χ3n) is 3.09. The van der Waals surface area contributed by atoms with Gasteiger partial charge in [-0.15, -0.1) is 0 Å². The molecule has 1 N–H and O–H groups in total. The van der Waals surface area contributed by atoms with Gasteiger partial charge in [-0.1, -0.05) is 24.3 Å². The fourth-order valence-electron chi connectivity index (χ4n) is 2.24. The van der Waals surface area contributed by atoms with Crippen molar-refractivity contribution in [3.05, 3.63) is 35.4 Å². The normalized spacial score (nSPS) is 19.9. The lowest BCUT2D eigenvalue weighted by Gasteiger charge is -2.25. The van der Waals surface area contributed by atoms with Gasteiger partial charge in [-0.2, -0.15) is 11.8 Å². The van der Waals surface area contributed by atoms with Crippen molar-refractivity contribution in [2.45, 2.75) is 25.3 Å². The van der Waals surface area contributed by atoms with Crippen LogP contribution in [0.3, 0.4) is 0 Å². The summed E-state index contributed by atoms with van der Waals surface area (Å²) >= 11 is 1.91.